The molecule has 0 spiro atoms. The van der Waals surface area contributed by atoms with Crippen molar-refractivity contribution < 1.29 is 4.42 Å². The van der Waals surface area contributed by atoms with E-state index in [4.69, 9.17) is 10.2 Å². The monoisotopic (exact) mass is 206 g/mol. The number of furan rings is 1. The zero-order chi connectivity index (χ0) is 10.9. The fourth-order valence-electron chi connectivity index (χ4n) is 1.17. The molecular weight excluding hydrogens is 188 g/mol. The highest BCUT2D eigenvalue weighted by atomic mass is 16.3. The van der Waals surface area contributed by atoms with Crippen LogP contribution in [0.4, 0.5) is 0 Å². The first-order valence-electron chi connectivity index (χ1n) is 5.27. The maximum Gasteiger partial charge on any atom is 0.176 e. The second kappa shape index (κ2) is 7.10. The van der Waals surface area contributed by atoms with Crippen LogP contribution < -0.4 is 11.1 Å². The summed E-state index contributed by atoms with van der Waals surface area (Å²) in [6.07, 6.45) is 3.88. The standard InChI is InChI=1S/C12H18N2O/c1-11-9-12(15-10-11)5-4-8-14-7-3-2-6-13/h9-10,14H,2-3,6-8,13H2,1H3. The normalized spacial score (nSPS) is 9.73. The van der Waals surface area contributed by atoms with Gasteiger partial charge in [-0.05, 0) is 50.4 Å². The SMILES string of the molecule is Cc1coc(C#CCNCCCCN)c1. The molecule has 0 aliphatic heterocycles. The van der Waals surface area contributed by atoms with Crippen molar-refractivity contribution in [3.05, 3.63) is 23.7 Å². The van der Waals surface area contributed by atoms with Crippen LogP contribution in [-0.4, -0.2) is 19.6 Å². The highest BCUT2D eigenvalue weighted by Gasteiger charge is 1.91. The zero-order valence-corrected chi connectivity index (χ0v) is 9.18. The molecule has 0 unspecified atom stereocenters. The van der Waals surface area contributed by atoms with Gasteiger partial charge in [-0.15, -0.1) is 0 Å². The second-order valence-electron chi connectivity index (χ2n) is 3.46. The van der Waals surface area contributed by atoms with E-state index in [0.29, 0.717) is 6.54 Å². The molecule has 0 radical (unpaired) electrons. The van der Waals surface area contributed by atoms with Gasteiger partial charge in [0.1, 0.15) is 0 Å². The molecule has 0 atom stereocenters. The van der Waals surface area contributed by atoms with Crippen molar-refractivity contribution in [2.45, 2.75) is 19.8 Å². The molecule has 0 amide bonds. The summed E-state index contributed by atoms with van der Waals surface area (Å²) in [4.78, 5) is 0. The van der Waals surface area contributed by atoms with Crippen LogP contribution >= 0.6 is 0 Å². The van der Waals surface area contributed by atoms with Crippen LogP contribution in [0.2, 0.25) is 0 Å². The number of nitrogens with two attached hydrogens (primary N) is 1. The molecule has 1 aromatic heterocycles. The molecule has 1 rings (SSSR count). The summed E-state index contributed by atoms with van der Waals surface area (Å²) in [6, 6.07) is 1.93. The van der Waals surface area contributed by atoms with E-state index in [9.17, 15) is 0 Å². The quantitative estimate of drug-likeness (QED) is 0.563. The Labute approximate surface area is 91.0 Å². The van der Waals surface area contributed by atoms with Crippen molar-refractivity contribution in [3.8, 4) is 11.8 Å². The average molecular weight is 206 g/mol. The van der Waals surface area contributed by atoms with Gasteiger partial charge in [0.15, 0.2) is 5.76 Å². The molecule has 0 fully saturated rings. The van der Waals surface area contributed by atoms with Crippen molar-refractivity contribution in [2.24, 2.45) is 5.73 Å². The van der Waals surface area contributed by atoms with Crippen molar-refractivity contribution in [1.82, 2.24) is 5.32 Å². The minimum atomic E-state index is 0.699. The van der Waals surface area contributed by atoms with E-state index >= 15 is 0 Å². The highest BCUT2D eigenvalue weighted by Crippen LogP contribution is 2.03. The van der Waals surface area contributed by atoms with Crippen LogP contribution in [0.25, 0.3) is 0 Å². The van der Waals surface area contributed by atoms with E-state index in [1.165, 1.54) is 0 Å². The summed E-state index contributed by atoms with van der Waals surface area (Å²) in [5, 5.41) is 3.23. The molecule has 3 N–H and O–H groups in total. The molecule has 3 nitrogen and oxygen atoms in total. The van der Waals surface area contributed by atoms with E-state index < -0.39 is 0 Å². The Morgan fingerprint density at radius 1 is 1.47 bits per heavy atom. The Hall–Kier alpha value is -1.24. The van der Waals surface area contributed by atoms with Crippen molar-refractivity contribution in [1.29, 1.82) is 0 Å². The molecule has 0 bridgehead atoms. The molecule has 1 heterocycles. The third-order valence-corrected chi connectivity index (χ3v) is 1.96. The van der Waals surface area contributed by atoms with Crippen molar-refractivity contribution in [3.63, 3.8) is 0 Å². The maximum absolute atomic E-state index is 5.38. The fraction of sp³-hybridized carbons (Fsp3) is 0.500. The van der Waals surface area contributed by atoms with Crippen LogP contribution in [0.1, 0.15) is 24.2 Å². The van der Waals surface area contributed by atoms with Crippen LogP contribution in [0.5, 0.6) is 0 Å². The highest BCUT2D eigenvalue weighted by molar-refractivity contribution is 5.28. The molecule has 0 aromatic carbocycles. The molecule has 0 aliphatic rings. The van der Waals surface area contributed by atoms with E-state index in [0.717, 1.165) is 37.3 Å². The van der Waals surface area contributed by atoms with Gasteiger partial charge in [-0.3, -0.25) is 0 Å². The lowest BCUT2D eigenvalue weighted by Gasteiger charge is -1.97. The maximum atomic E-state index is 5.38. The van der Waals surface area contributed by atoms with Gasteiger partial charge in [-0.25, -0.2) is 0 Å². The summed E-state index contributed by atoms with van der Waals surface area (Å²) in [5.74, 6) is 6.69. The Kier molecular flexibility index (Phi) is 5.60. The Morgan fingerprint density at radius 2 is 2.33 bits per heavy atom. The van der Waals surface area contributed by atoms with Gasteiger partial charge in [0.2, 0.25) is 0 Å². The van der Waals surface area contributed by atoms with Gasteiger partial charge in [0, 0.05) is 0 Å². The van der Waals surface area contributed by atoms with Crippen molar-refractivity contribution in [2.75, 3.05) is 19.6 Å². The topological polar surface area (TPSA) is 51.2 Å². The predicted molar refractivity (Wildman–Crippen MR) is 61.5 cm³/mol. The lowest BCUT2D eigenvalue weighted by atomic mass is 10.3. The Morgan fingerprint density at radius 3 is 3.00 bits per heavy atom. The second-order valence-corrected chi connectivity index (χ2v) is 3.46. The predicted octanol–water partition coefficient (Wildman–Crippen LogP) is 1.27. The number of aryl methyl sites for hydroxylation is 1. The Balaban J connectivity index is 2.12. The number of hydrogen-bond acceptors (Lipinski definition) is 3. The van der Waals surface area contributed by atoms with E-state index in [-0.39, 0.29) is 0 Å². The number of unbranched alkanes of at least 4 members (excludes halogenated alkanes) is 1. The first-order chi connectivity index (χ1) is 7.33. The number of nitrogens with one attached hydrogen (secondary N) is 1. The summed E-state index contributed by atoms with van der Waals surface area (Å²) in [6.45, 7) is 4.42. The van der Waals surface area contributed by atoms with Crippen molar-refractivity contribution >= 4 is 0 Å². The van der Waals surface area contributed by atoms with Crippen LogP contribution in [0.3, 0.4) is 0 Å². The summed E-state index contributed by atoms with van der Waals surface area (Å²) >= 11 is 0. The van der Waals surface area contributed by atoms with Gasteiger partial charge < -0.3 is 15.5 Å². The third-order valence-electron chi connectivity index (χ3n) is 1.96. The third kappa shape index (κ3) is 5.26. The molecule has 15 heavy (non-hydrogen) atoms. The van der Waals surface area contributed by atoms with Gasteiger partial charge in [-0.2, -0.15) is 0 Å². The summed E-state index contributed by atoms with van der Waals surface area (Å²) in [5.41, 5.74) is 6.49. The minimum absolute atomic E-state index is 0.699. The average Bonchev–Trinajstić information content (AvgIpc) is 2.63. The van der Waals surface area contributed by atoms with Crippen LogP contribution in [-0.2, 0) is 0 Å². The van der Waals surface area contributed by atoms with Gasteiger partial charge in [0.05, 0.1) is 12.8 Å². The van der Waals surface area contributed by atoms with Crippen LogP contribution in [0, 0.1) is 18.8 Å². The van der Waals surface area contributed by atoms with Gasteiger partial charge in [-0.1, -0.05) is 5.92 Å². The fourth-order valence-corrected chi connectivity index (χ4v) is 1.17. The number of hydrogen-bond donors (Lipinski definition) is 2. The first kappa shape index (κ1) is 11.8. The zero-order valence-electron chi connectivity index (χ0n) is 9.18. The van der Waals surface area contributed by atoms with E-state index in [1.807, 2.05) is 13.0 Å². The molecular formula is C12H18N2O. The lowest BCUT2D eigenvalue weighted by Crippen LogP contribution is -2.16. The molecule has 3 heteroatoms. The molecule has 0 saturated carbocycles. The van der Waals surface area contributed by atoms with Gasteiger partial charge >= 0.3 is 0 Å². The molecule has 82 valence electrons. The summed E-state index contributed by atoms with van der Waals surface area (Å²) in [7, 11) is 0. The first-order valence-corrected chi connectivity index (χ1v) is 5.27. The lowest BCUT2D eigenvalue weighted by molar-refractivity contribution is 0.552. The van der Waals surface area contributed by atoms with E-state index in [2.05, 4.69) is 17.2 Å². The van der Waals surface area contributed by atoms with E-state index in [1.54, 1.807) is 6.26 Å². The largest absolute Gasteiger partial charge is 0.456 e. The molecule has 0 aliphatic carbocycles. The molecule has 0 saturated heterocycles. The van der Waals surface area contributed by atoms with Gasteiger partial charge in [0.25, 0.3) is 0 Å². The number of rotatable bonds is 5. The molecule has 1 aromatic rings. The Bertz CT molecular complexity index is 333. The smallest absolute Gasteiger partial charge is 0.176 e. The summed E-state index contributed by atoms with van der Waals surface area (Å²) < 4.78 is 5.19. The van der Waals surface area contributed by atoms with Crippen LogP contribution in [0.15, 0.2) is 16.7 Å². The minimum Gasteiger partial charge on any atom is -0.456 e.